The summed E-state index contributed by atoms with van der Waals surface area (Å²) in [5.74, 6) is 0. The molecule has 0 heterocycles. The quantitative estimate of drug-likeness (QED) is 0.750. The standard InChI is InChI=1S/C15H15IO/c1-2-17-15(12-7-4-3-5-8-12)13-9-6-10-14(16)11-13/h3-11,15H,2H2,1H3. The molecule has 0 spiro atoms. The Hall–Kier alpha value is -0.870. The molecule has 0 bridgehead atoms. The molecule has 1 unspecified atom stereocenters. The van der Waals surface area contributed by atoms with Crippen LogP contribution in [-0.4, -0.2) is 6.61 Å². The first-order chi connectivity index (χ1) is 8.31. The van der Waals surface area contributed by atoms with E-state index in [1.54, 1.807) is 0 Å². The molecular formula is C15H15IO. The highest BCUT2D eigenvalue weighted by Gasteiger charge is 2.13. The molecule has 1 nitrogen and oxygen atoms in total. The normalized spacial score (nSPS) is 12.4. The van der Waals surface area contributed by atoms with Gasteiger partial charge in [0, 0.05) is 10.2 Å². The van der Waals surface area contributed by atoms with Gasteiger partial charge in [0.05, 0.1) is 0 Å². The van der Waals surface area contributed by atoms with Crippen LogP contribution in [0.15, 0.2) is 54.6 Å². The second kappa shape index (κ2) is 6.17. The van der Waals surface area contributed by atoms with Crippen molar-refractivity contribution in [3.05, 3.63) is 69.3 Å². The maximum absolute atomic E-state index is 5.87. The van der Waals surface area contributed by atoms with Crippen molar-refractivity contribution in [3.8, 4) is 0 Å². The fourth-order valence-corrected chi connectivity index (χ4v) is 2.42. The van der Waals surface area contributed by atoms with Crippen LogP contribution in [0.3, 0.4) is 0 Å². The Bertz CT molecular complexity index is 467. The van der Waals surface area contributed by atoms with E-state index in [1.807, 2.05) is 13.0 Å². The first-order valence-corrected chi connectivity index (χ1v) is 6.81. The second-order valence-corrected chi connectivity index (χ2v) is 5.05. The zero-order chi connectivity index (χ0) is 12.1. The van der Waals surface area contributed by atoms with Gasteiger partial charge in [-0.15, -0.1) is 0 Å². The summed E-state index contributed by atoms with van der Waals surface area (Å²) in [6.07, 6.45) is 0.0379. The second-order valence-electron chi connectivity index (χ2n) is 3.80. The Morgan fingerprint density at radius 2 is 1.71 bits per heavy atom. The molecule has 2 aromatic carbocycles. The van der Waals surface area contributed by atoms with Crippen LogP contribution in [0, 0.1) is 3.57 Å². The number of hydrogen-bond donors (Lipinski definition) is 0. The molecule has 0 aliphatic carbocycles. The summed E-state index contributed by atoms with van der Waals surface area (Å²) in [4.78, 5) is 0. The fraction of sp³-hybridized carbons (Fsp3) is 0.200. The summed E-state index contributed by atoms with van der Waals surface area (Å²) in [7, 11) is 0. The lowest BCUT2D eigenvalue weighted by molar-refractivity contribution is 0.0913. The van der Waals surface area contributed by atoms with Gasteiger partial charge in [-0.1, -0.05) is 42.5 Å². The van der Waals surface area contributed by atoms with Crippen LogP contribution in [-0.2, 0) is 4.74 Å². The van der Waals surface area contributed by atoms with Crippen molar-refractivity contribution >= 4 is 22.6 Å². The Balaban J connectivity index is 2.35. The maximum atomic E-state index is 5.87. The summed E-state index contributed by atoms with van der Waals surface area (Å²) in [6, 6.07) is 18.8. The maximum Gasteiger partial charge on any atom is 0.108 e. The van der Waals surface area contributed by atoms with Crippen LogP contribution in [0.5, 0.6) is 0 Å². The summed E-state index contributed by atoms with van der Waals surface area (Å²) in [5.41, 5.74) is 2.42. The SMILES string of the molecule is CCOC(c1ccccc1)c1cccc(I)c1. The Kier molecular flexibility index (Phi) is 4.57. The summed E-state index contributed by atoms with van der Waals surface area (Å²) in [5, 5.41) is 0. The minimum Gasteiger partial charge on any atom is -0.369 e. The molecule has 2 aromatic rings. The van der Waals surface area contributed by atoms with Crippen molar-refractivity contribution in [2.75, 3.05) is 6.61 Å². The third-order valence-corrected chi connectivity index (χ3v) is 3.26. The van der Waals surface area contributed by atoms with Gasteiger partial charge in [0.1, 0.15) is 6.10 Å². The number of benzene rings is 2. The zero-order valence-electron chi connectivity index (χ0n) is 9.77. The van der Waals surface area contributed by atoms with E-state index in [2.05, 4.69) is 71.1 Å². The van der Waals surface area contributed by atoms with Crippen LogP contribution in [0.25, 0.3) is 0 Å². The highest BCUT2D eigenvalue weighted by molar-refractivity contribution is 14.1. The smallest absolute Gasteiger partial charge is 0.108 e. The third-order valence-electron chi connectivity index (χ3n) is 2.59. The van der Waals surface area contributed by atoms with Gasteiger partial charge in [-0.25, -0.2) is 0 Å². The first-order valence-electron chi connectivity index (χ1n) is 5.73. The lowest BCUT2D eigenvalue weighted by Gasteiger charge is -2.18. The minimum atomic E-state index is 0.0379. The highest BCUT2D eigenvalue weighted by atomic mass is 127. The molecule has 2 rings (SSSR count). The van der Waals surface area contributed by atoms with Gasteiger partial charge in [0.2, 0.25) is 0 Å². The molecule has 0 aliphatic rings. The fourth-order valence-electron chi connectivity index (χ4n) is 1.85. The van der Waals surface area contributed by atoms with Crippen molar-refractivity contribution in [1.29, 1.82) is 0 Å². The molecule has 0 radical (unpaired) electrons. The predicted molar refractivity (Wildman–Crippen MR) is 79.1 cm³/mol. The van der Waals surface area contributed by atoms with E-state index in [4.69, 9.17) is 4.74 Å². The van der Waals surface area contributed by atoms with Gasteiger partial charge in [0.15, 0.2) is 0 Å². The third kappa shape index (κ3) is 3.30. The van der Waals surface area contributed by atoms with Crippen LogP contribution in [0.1, 0.15) is 24.2 Å². The van der Waals surface area contributed by atoms with Crippen molar-refractivity contribution in [2.24, 2.45) is 0 Å². The van der Waals surface area contributed by atoms with Crippen LogP contribution in [0.4, 0.5) is 0 Å². The van der Waals surface area contributed by atoms with E-state index in [9.17, 15) is 0 Å². The molecule has 0 amide bonds. The Morgan fingerprint density at radius 3 is 2.35 bits per heavy atom. The molecule has 88 valence electrons. The monoisotopic (exact) mass is 338 g/mol. The molecule has 0 aromatic heterocycles. The topological polar surface area (TPSA) is 9.23 Å². The largest absolute Gasteiger partial charge is 0.369 e. The molecule has 0 fully saturated rings. The van der Waals surface area contributed by atoms with Gasteiger partial charge in [-0.3, -0.25) is 0 Å². The molecular weight excluding hydrogens is 323 g/mol. The predicted octanol–water partition coefficient (Wildman–Crippen LogP) is 4.42. The molecule has 2 heteroatoms. The lowest BCUT2D eigenvalue weighted by atomic mass is 10.0. The first kappa shape index (κ1) is 12.6. The number of rotatable bonds is 4. The van der Waals surface area contributed by atoms with Gasteiger partial charge in [-0.05, 0) is 52.8 Å². The zero-order valence-corrected chi connectivity index (χ0v) is 11.9. The van der Waals surface area contributed by atoms with E-state index < -0.39 is 0 Å². The van der Waals surface area contributed by atoms with E-state index >= 15 is 0 Å². The summed E-state index contributed by atoms with van der Waals surface area (Å²) in [6.45, 7) is 2.74. The molecule has 17 heavy (non-hydrogen) atoms. The molecule has 0 saturated carbocycles. The average Bonchev–Trinajstić information content (AvgIpc) is 2.37. The number of ether oxygens (including phenoxy) is 1. The van der Waals surface area contributed by atoms with E-state index in [-0.39, 0.29) is 6.10 Å². The van der Waals surface area contributed by atoms with Gasteiger partial charge < -0.3 is 4.74 Å². The van der Waals surface area contributed by atoms with E-state index in [1.165, 1.54) is 14.7 Å². The van der Waals surface area contributed by atoms with E-state index in [0.29, 0.717) is 6.61 Å². The van der Waals surface area contributed by atoms with Gasteiger partial charge >= 0.3 is 0 Å². The summed E-state index contributed by atoms with van der Waals surface area (Å²) < 4.78 is 7.10. The van der Waals surface area contributed by atoms with Crippen molar-refractivity contribution in [2.45, 2.75) is 13.0 Å². The number of halogens is 1. The molecule has 0 N–H and O–H groups in total. The molecule has 0 saturated heterocycles. The van der Waals surface area contributed by atoms with Crippen molar-refractivity contribution < 1.29 is 4.74 Å². The minimum absolute atomic E-state index is 0.0379. The summed E-state index contributed by atoms with van der Waals surface area (Å²) >= 11 is 2.33. The molecule has 0 aliphatic heterocycles. The van der Waals surface area contributed by atoms with Gasteiger partial charge in [0.25, 0.3) is 0 Å². The van der Waals surface area contributed by atoms with Crippen LogP contribution in [0.2, 0.25) is 0 Å². The van der Waals surface area contributed by atoms with Crippen molar-refractivity contribution in [1.82, 2.24) is 0 Å². The Morgan fingerprint density at radius 1 is 1.00 bits per heavy atom. The molecule has 1 atom stereocenters. The average molecular weight is 338 g/mol. The van der Waals surface area contributed by atoms with Crippen LogP contribution < -0.4 is 0 Å². The lowest BCUT2D eigenvalue weighted by Crippen LogP contribution is -2.06. The number of hydrogen-bond acceptors (Lipinski definition) is 1. The Labute approximate surface area is 116 Å². The highest BCUT2D eigenvalue weighted by Crippen LogP contribution is 2.26. The van der Waals surface area contributed by atoms with Crippen molar-refractivity contribution in [3.63, 3.8) is 0 Å². The van der Waals surface area contributed by atoms with Gasteiger partial charge in [-0.2, -0.15) is 0 Å². The van der Waals surface area contributed by atoms with Crippen LogP contribution >= 0.6 is 22.6 Å². The van der Waals surface area contributed by atoms with E-state index in [0.717, 1.165) is 0 Å².